The van der Waals surface area contributed by atoms with E-state index in [1.165, 1.54) is 31.2 Å². The molecule has 0 aliphatic rings. The van der Waals surface area contributed by atoms with E-state index in [0.717, 1.165) is 0 Å². The van der Waals surface area contributed by atoms with Gasteiger partial charge in [-0.05, 0) is 49.4 Å². The van der Waals surface area contributed by atoms with Gasteiger partial charge in [-0.2, -0.15) is 0 Å². The zero-order chi connectivity index (χ0) is 18.4. The number of esters is 1. The van der Waals surface area contributed by atoms with Crippen molar-refractivity contribution in [1.29, 1.82) is 0 Å². The summed E-state index contributed by atoms with van der Waals surface area (Å²) in [5, 5.41) is 5.46. The van der Waals surface area contributed by atoms with E-state index in [0.29, 0.717) is 16.4 Å². The lowest BCUT2D eigenvalue weighted by Gasteiger charge is -2.14. The molecule has 2 rings (SSSR count). The smallest absolute Gasteiger partial charge is 0.338 e. The van der Waals surface area contributed by atoms with Gasteiger partial charge < -0.3 is 21.1 Å². The molecule has 0 radical (unpaired) electrons. The van der Waals surface area contributed by atoms with Crippen LogP contribution in [0.1, 0.15) is 17.3 Å². The first kappa shape index (κ1) is 18.3. The molecule has 0 unspecified atom stereocenters. The maximum absolute atomic E-state index is 12.1. The summed E-state index contributed by atoms with van der Waals surface area (Å²) in [5.41, 5.74) is 6.18. The number of hydrogen-bond donors (Lipinski definition) is 3. The second kappa shape index (κ2) is 8.16. The molecule has 4 N–H and O–H groups in total. The molecule has 0 fully saturated rings. The molecular weight excluding hydrogens is 346 g/mol. The monoisotopic (exact) mass is 361 g/mol. The summed E-state index contributed by atoms with van der Waals surface area (Å²) in [5.74, 6) is -1.15. The summed E-state index contributed by atoms with van der Waals surface area (Å²) >= 11 is 5.85. The minimum Gasteiger partial charge on any atom is -0.449 e. The van der Waals surface area contributed by atoms with Crippen molar-refractivity contribution < 1.29 is 19.1 Å². The zero-order valence-corrected chi connectivity index (χ0v) is 14.0. The van der Waals surface area contributed by atoms with Gasteiger partial charge in [-0.25, -0.2) is 9.59 Å². The van der Waals surface area contributed by atoms with E-state index in [1.54, 1.807) is 24.3 Å². The highest BCUT2D eigenvalue weighted by Gasteiger charge is 2.19. The first-order valence-electron chi connectivity index (χ1n) is 7.29. The second-order valence-corrected chi connectivity index (χ2v) is 5.55. The Morgan fingerprint density at radius 3 is 2.32 bits per heavy atom. The van der Waals surface area contributed by atoms with Crippen molar-refractivity contribution in [3.8, 4) is 0 Å². The van der Waals surface area contributed by atoms with Crippen molar-refractivity contribution in [2.45, 2.75) is 13.0 Å². The first-order valence-corrected chi connectivity index (χ1v) is 7.67. The van der Waals surface area contributed by atoms with Crippen LogP contribution in [0.2, 0.25) is 5.02 Å². The Morgan fingerprint density at radius 2 is 1.72 bits per heavy atom. The fourth-order valence-electron chi connectivity index (χ4n) is 1.92. The Morgan fingerprint density at radius 1 is 1.04 bits per heavy atom. The Balaban J connectivity index is 1.94. The Hall–Kier alpha value is -3.06. The number of halogens is 1. The maximum Gasteiger partial charge on any atom is 0.338 e. The lowest BCUT2D eigenvalue weighted by Crippen LogP contribution is -2.30. The number of ether oxygens (including phenoxy) is 1. The predicted molar refractivity (Wildman–Crippen MR) is 94.6 cm³/mol. The van der Waals surface area contributed by atoms with E-state index in [4.69, 9.17) is 22.1 Å². The molecule has 0 saturated carbocycles. The quantitative estimate of drug-likeness (QED) is 0.711. The molecule has 2 aromatic carbocycles. The minimum atomic E-state index is -1.00. The van der Waals surface area contributed by atoms with E-state index in [1.807, 2.05) is 0 Å². The molecule has 8 heteroatoms. The van der Waals surface area contributed by atoms with Gasteiger partial charge in [0.15, 0.2) is 6.10 Å². The minimum absolute atomic E-state index is 0.234. The number of nitrogens with two attached hydrogens (primary N) is 1. The summed E-state index contributed by atoms with van der Waals surface area (Å²) in [4.78, 5) is 34.9. The molecule has 0 saturated heterocycles. The normalized spacial score (nSPS) is 11.3. The van der Waals surface area contributed by atoms with Crippen molar-refractivity contribution in [2.24, 2.45) is 5.73 Å². The molecule has 0 spiro atoms. The van der Waals surface area contributed by atoms with Crippen LogP contribution in [0, 0.1) is 0 Å². The number of primary amides is 1. The van der Waals surface area contributed by atoms with Crippen LogP contribution in [0.4, 0.5) is 16.2 Å². The van der Waals surface area contributed by atoms with Gasteiger partial charge in [0.05, 0.1) is 5.56 Å². The summed E-state index contributed by atoms with van der Waals surface area (Å²) in [6.07, 6.45) is -1.00. The largest absolute Gasteiger partial charge is 0.449 e. The number of anilines is 2. The van der Waals surface area contributed by atoms with E-state index in [2.05, 4.69) is 10.6 Å². The van der Waals surface area contributed by atoms with Crippen molar-refractivity contribution in [1.82, 2.24) is 0 Å². The van der Waals surface area contributed by atoms with Crippen LogP contribution in [0.3, 0.4) is 0 Å². The molecule has 0 aliphatic heterocycles. The van der Waals surface area contributed by atoms with Crippen LogP contribution < -0.4 is 16.4 Å². The van der Waals surface area contributed by atoms with Crippen LogP contribution >= 0.6 is 11.6 Å². The third-order valence-corrected chi connectivity index (χ3v) is 3.37. The Kier molecular flexibility index (Phi) is 5.97. The standard InChI is InChI=1S/C17H16ClN3O4/c1-10(15(22)20-14-4-2-3-12(18)9-14)25-16(23)11-5-7-13(8-6-11)21-17(19)24/h2-10H,1H3,(H,20,22)(H3,19,21,24)/t10-/m1/s1. The molecule has 0 aliphatic carbocycles. The number of carbonyl (C=O) groups excluding carboxylic acids is 3. The molecule has 25 heavy (non-hydrogen) atoms. The zero-order valence-electron chi connectivity index (χ0n) is 13.3. The second-order valence-electron chi connectivity index (χ2n) is 5.11. The van der Waals surface area contributed by atoms with E-state index in [-0.39, 0.29) is 5.56 Å². The van der Waals surface area contributed by atoms with Gasteiger partial charge in [0.2, 0.25) is 0 Å². The first-order chi connectivity index (χ1) is 11.8. The third kappa shape index (κ3) is 5.50. The van der Waals surface area contributed by atoms with Gasteiger partial charge in [0, 0.05) is 16.4 Å². The van der Waals surface area contributed by atoms with Crippen LogP contribution in [-0.2, 0) is 9.53 Å². The molecule has 0 bridgehead atoms. The number of nitrogens with one attached hydrogen (secondary N) is 2. The Labute approximate surface area is 149 Å². The Bertz CT molecular complexity index is 793. The van der Waals surface area contributed by atoms with Gasteiger partial charge in [0.25, 0.3) is 5.91 Å². The number of hydrogen-bond acceptors (Lipinski definition) is 4. The number of rotatable bonds is 5. The lowest BCUT2D eigenvalue weighted by atomic mass is 10.2. The predicted octanol–water partition coefficient (Wildman–Crippen LogP) is 3.01. The number of urea groups is 1. The van der Waals surface area contributed by atoms with Gasteiger partial charge >= 0.3 is 12.0 Å². The summed E-state index contributed by atoms with van der Waals surface area (Å²) < 4.78 is 5.13. The number of amides is 3. The van der Waals surface area contributed by atoms with Gasteiger partial charge in [-0.3, -0.25) is 4.79 Å². The maximum atomic E-state index is 12.1. The lowest BCUT2D eigenvalue weighted by molar-refractivity contribution is -0.123. The van der Waals surface area contributed by atoms with Crippen molar-refractivity contribution in [2.75, 3.05) is 10.6 Å². The van der Waals surface area contributed by atoms with Crippen LogP contribution in [0.15, 0.2) is 48.5 Å². The average Bonchev–Trinajstić information content (AvgIpc) is 2.54. The van der Waals surface area contributed by atoms with E-state index < -0.39 is 24.0 Å². The summed E-state index contributed by atoms with van der Waals surface area (Å²) in [6, 6.07) is 11.8. The summed E-state index contributed by atoms with van der Waals surface area (Å²) in [7, 11) is 0. The molecule has 0 heterocycles. The average molecular weight is 362 g/mol. The molecule has 2 aromatic rings. The van der Waals surface area contributed by atoms with Gasteiger partial charge in [0.1, 0.15) is 0 Å². The summed E-state index contributed by atoms with van der Waals surface area (Å²) in [6.45, 7) is 1.46. The highest BCUT2D eigenvalue weighted by Crippen LogP contribution is 2.16. The topological polar surface area (TPSA) is 111 Å². The fraction of sp³-hybridized carbons (Fsp3) is 0.118. The third-order valence-electron chi connectivity index (χ3n) is 3.13. The van der Waals surface area contributed by atoms with Crippen LogP contribution in [-0.4, -0.2) is 24.0 Å². The fourth-order valence-corrected chi connectivity index (χ4v) is 2.11. The van der Waals surface area contributed by atoms with Crippen molar-refractivity contribution in [3.05, 3.63) is 59.1 Å². The van der Waals surface area contributed by atoms with E-state index >= 15 is 0 Å². The van der Waals surface area contributed by atoms with Crippen LogP contribution in [0.25, 0.3) is 0 Å². The van der Waals surface area contributed by atoms with Crippen LogP contribution in [0.5, 0.6) is 0 Å². The van der Waals surface area contributed by atoms with E-state index in [9.17, 15) is 14.4 Å². The molecule has 7 nitrogen and oxygen atoms in total. The number of benzene rings is 2. The van der Waals surface area contributed by atoms with Gasteiger partial charge in [-0.15, -0.1) is 0 Å². The molecule has 0 aromatic heterocycles. The molecule has 130 valence electrons. The SMILES string of the molecule is C[C@@H](OC(=O)c1ccc(NC(N)=O)cc1)C(=O)Nc1cccc(Cl)c1. The highest BCUT2D eigenvalue weighted by atomic mass is 35.5. The van der Waals surface area contributed by atoms with Gasteiger partial charge in [-0.1, -0.05) is 17.7 Å². The molecule has 3 amide bonds. The molecule has 1 atom stereocenters. The van der Waals surface area contributed by atoms with Crippen molar-refractivity contribution in [3.63, 3.8) is 0 Å². The van der Waals surface area contributed by atoms with Crippen molar-refractivity contribution >= 4 is 40.9 Å². The molecular formula is C17H16ClN3O4. The highest BCUT2D eigenvalue weighted by molar-refractivity contribution is 6.30. The number of carbonyl (C=O) groups is 3.